The van der Waals surface area contributed by atoms with Gasteiger partial charge in [0.15, 0.2) is 0 Å². The first kappa shape index (κ1) is 25.8. The van der Waals surface area contributed by atoms with Crippen LogP contribution in [0.3, 0.4) is 0 Å². The number of carbonyl (C=O) groups is 2. The van der Waals surface area contributed by atoms with E-state index in [0.29, 0.717) is 22.5 Å². The van der Waals surface area contributed by atoms with Gasteiger partial charge in [-0.1, -0.05) is 0 Å². The summed E-state index contributed by atoms with van der Waals surface area (Å²) >= 11 is 0.890. The van der Waals surface area contributed by atoms with Crippen LogP contribution in [0.4, 0.5) is 16.6 Å². The third-order valence-corrected chi connectivity index (χ3v) is 7.34. The highest BCUT2D eigenvalue weighted by molar-refractivity contribution is 8.18. The van der Waals surface area contributed by atoms with Crippen molar-refractivity contribution in [2.24, 2.45) is 5.92 Å². The summed E-state index contributed by atoms with van der Waals surface area (Å²) in [4.78, 5) is 45.8. The third-order valence-electron chi connectivity index (χ3n) is 6.53. The summed E-state index contributed by atoms with van der Waals surface area (Å²) in [5.41, 5.74) is 3.73. The fourth-order valence-electron chi connectivity index (χ4n) is 4.47. The Morgan fingerprint density at radius 3 is 2.71 bits per heavy atom. The van der Waals surface area contributed by atoms with Crippen LogP contribution in [-0.4, -0.2) is 64.8 Å². The van der Waals surface area contributed by atoms with Gasteiger partial charge in [-0.05, 0) is 79.0 Å². The molecule has 3 aromatic rings. The van der Waals surface area contributed by atoms with Crippen LogP contribution >= 0.6 is 11.8 Å². The van der Waals surface area contributed by atoms with E-state index in [-0.39, 0.29) is 11.1 Å². The minimum absolute atomic E-state index is 0.351. The van der Waals surface area contributed by atoms with Gasteiger partial charge < -0.3 is 15.1 Å². The van der Waals surface area contributed by atoms with Crippen LogP contribution in [0.25, 0.3) is 17.3 Å². The van der Waals surface area contributed by atoms with Gasteiger partial charge >= 0.3 is 0 Å². The van der Waals surface area contributed by atoms with Gasteiger partial charge in [0.05, 0.1) is 16.3 Å². The van der Waals surface area contributed by atoms with Gasteiger partial charge in [0, 0.05) is 57.9 Å². The van der Waals surface area contributed by atoms with Gasteiger partial charge in [0.25, 0.3) is 11.1 Å². The first-order valence-electron chi connectivity index (χ1n) is 12.6. The van der Waals surface area contributed by atoms with Crippen molar-refractivity contribution in [2.75, 3.05) is 43.5 Å². The largest absolute Gasteiger partial charge is 0.363 e. The number of hydrogen-bond donors (Lipinski definition) is 2. The van der Waals surface area contributed by atoms with E-state index in [1.807, 2.05) is 37.3 Å². The maximum atomic E-state index is 11.8. The number of amides is 2. The molecule has 0 spiro atoms. The zero-order chi connectivity index (χ0) is 26.5. The topological polar surface area (TPSA) is 116 Å². The van der Waals surface area contributed by atoms with E-state index in [0.717, 1.165) is 67.9 Å². The van der Waals surface area contributed by atoms with Crippen LogP contribution in [0, 0.1) is 5.92 Å². The van der Waals surface area contributed by atoms with Gasteiger partial charge in [-0.15, -0.1) is 0 Å². The smallest absolute Gasteiger partial charge is 0.290 e. The Kier molecular flexibility index (Phi) is 7.94. The molecular weight excluding hydrogens is 500 g/mol. The predicted octanol–water partition coefficient (Wildman–Crippen LogP) is 3.33. The van der Waals surface area contributed by atoms with E-state index >= 15 is 0 Å². The van der Waals surface area contributed by atoms with Crippen molar-refractivity contribution in [1.29, 1.82) is 0 Å². The molecule has 5 heterocycles. The second-order valence-electron chi connectivity index (χ2n) is 9.55. The predicted molar refractivity (Wildman–Crippen MR) is 150 cm³/mol. The van der Waals surface area contributed by atoms with Crippen LogP contribution < -0.4 is 20.4 Å². The molecule has 0 saturated carbocycles. The first-order chi connectivity index (χ1) is 18.4. The first-order valence-corrected chi connectivity index (χ1v) is 13.4. The van der Waals surface area contributed by atoms with Crippen molar-refractivity contribution in [3.63, 3.8) is 0 Å². The highest BCUT2D eigenvalue weighted by Gasteiger charge is 2.26. The number of thioether (sulfide) groups is 1. The quantitative estimate of drug-likeness (QED) is 0.420. The van der Waals surface area contributed by atoms with Gasteiger partial charge in [0.2, 0.25) is 5.95 Å². The van der Waals surface area contributed by atoms with Gasteiger partial charge in [0.1, 0.15) is 5.82 Å². The Hall–Kier alpha value is -3.83. The normalized spacial score (nSPS) is 17.2. The summed E-state index contributed by atoms with van der Waals surface area (Å²) in [6.45, 7) is 3.43. The minimum Gasteiger partial charge on any atom is -0.363 e. The van der Waals surface area contributed by atoms with E-state index in [2.05, 4.69) is 42.6 Å². The van der Waals surface area contributed by atoms with E-state index in [1.165, 1.54) is 5.56 Å². The monoisotopic (exact) mass is 530 g/mol. The maximum Gasteiger partial charge on any atom is 0.290 e. The van der Waals surface area contributed by atoms with Crippen molar-refractivity contribution in [2.45, 2.75) is 19.4 Å². The van der Waals surface area contributed by atoms with Crippen molar-refractivity contribution in [3.05, 3.63) is 65.1 Å². The molecule has 2 N–H and O–H groups in total. The Morgan fingerprint density at radius 2 is 2.00 bits per heavy atom. The molecule has 196 valence electrons. The Morgan fingerprint density at radius 1 is 1.16 bits per heavy atom. The van der Waals surface area contributed by atoms with Crippen LogP contribution in [0.5, 0.6) is 0 Å². The summed E-state index contributed by atoms with van der Waals surface area (Å²) in [5.74, 6) is 1.75. The molecule has 2 fully saturated rings. The fourth-order valence-corrected chi connectivity index (χ4v) is 5.14. The molecule has 38 heavy (non-hydrogen) atoms. The van der Waals surface area contributed by atoms with Crippen molar-refractivity contribution >= 4 is 40.8 Å². The molecule has 2 saturated heterocycles. The Balaban J connectivity index is 1.15. The fraction of sp³-hybridized carbons (Fsp3) is 0.333. The molecule has 0 aromatic carbocycles. The molecule has 10 nitrogen and oxygen atoms in total. The number of nitrogens with zero attached hydrogens (tertiary/aromatic N) is 6. The highest BCUT2D eigenvalue weighted by Crippen LogP contribution is 2.26. The number of imide groups is 1. The average molecular weight is 531 g/mol. The highest BCUT2D eigenvalue weighted by atomic mass is 32.2. The van der Waals surface area contributed by atoms with Crippen molar-refractivity contribution in [3.8, 4) is 11.3 Å². The molecule has 2 amide bonds. The number of pyridine rings is 2. The number of rotatable bonds is 8. The summed E-state index contributed by atoms with van der Waals surface area (Å²) in [6.07, 6.45) is 9.01. The third kappa shape index (κ3) is 6.35. The number of hydrogen-bond acceptors (Lipinski definition) is 10. The zero-order valence-electron chi connectivity index (χ0n) is 21.4. The number of nitrogens with one attached hydrogen (secondary N) is 2. The number of piperidine rings is 1. The average Bonchev–Trinajstić information content (AvgIpc) is 3.25. The van der Waals surface area contributed by atoms with Crippen LogP contribution in [-0.2, 0) is 11.3 Å². The van der Waals surface area contributed by atoms with E-state index in [9.17, 15) is 9.59 Å². The molecule has 5 rings (SSSR count). The van der Waals surface area contributed by atoms with Crippen molar-refractivity contribution in [1.82, 2.24) is 30.6 Å². The van der Waals surface area contributed by atoms with Crippen LogP contribution in [0.2, 0.25) is 0 Å². The molecule has 0 atom stereocenters. The van der Waals surface area contributed by atoms with E-state index in [4.69, 9.17) is 4.98 Å². The maximum absolute atomic E-state index is 11.8. The molecule has 0 aliphatic carbocycles. The summed E-state index contributed by atoms with van der Waals surface area (Å²) < 4.78 is 0. The number of anilines is 2. The second kappa shape index (κ2) is 11.7. The van der Waals surface area contributed by atoms with Gasteiger partial charge in [-0.2, -0.15) is 0 Å². The SMILES string of the molecule is CN(C)c1cc(CNCC2CCN(c3nccc(C=C4SC(=O)NC4=O)n3)CC2)cc(-c2cccnc2)n1. The van der Waals surface area contributed by atoms with Gasteiger partial charge in [-0.25, -0.2) is 15.0 Å². The lowest BCUT2D eigenvalue weighted by atomic mass is 9.97. The standard InChI is InChI=1S/C27H30N8O2S/c1-34(2)24-13-19(12-22(32-24)20-4-3-8-28-17-20)16-29-15-18-6-10-35(11-7-18)26-30-9-5-21(31-26)14-23-25(36)33-27(37)38-23/h3-5,8-9,12-14,17-18,29H,6-7,10-11,15-16H2,1-2H3,(H,33,36,37). The van der Waals surface area contributed by atoms with Gasteiger partial charge in [-0.3, -0.25) is 19.9 Å². The van der Waals surface area contributed by atoms with E-state index < -0.39 is 0 Å². The lowest BCUT2D eigenvalue weighted by molar-refractivity contribution is -0.115. The summed E-state index contributed by atoms with van der Waals surface area (Å²) in [6, 6.07) is 9.95. The number of carbonyl (C=O) groups excluding carboxylic acids is 2. The molecule has 3 aromatic heterocycles. The molecule has 2 aliphatic heterocycles. The Labute approximate surface area is 226 Å². The summed E-state index contributed by atoms with van der Waals surface area (Å²) in [5, 5.41) is 5.55. The lowest BCUT2D eigenvalue weighted by Crippen LogP contribution is -2.38. The molecule has 2 aliphatic rings. The van der Waals surface area contributed by atoms with E-state index in [1.54, 1.807) is 24.5 Å². The molecule has 0 unspecified atom stereocenters. The second-order valence-corrected chi connectivity index (χ2v) is 10.6. The molecule has 0 bridgehead atoms. The number of aromatic nitrogens is 4. The minimum atomic E-state index is -0.383. The molecule has 11 heteroatoms. The Bertz CT molecular complexity index is 1340. The zero-order valence-corrected chi connectivity index (χ0v) is 22.2. The van der Waals surface area contributed by atoms with Crippen molar-refractivity contribution < 1.29 is 9.59 Å². The molecular formula is C27H30N8O2S. The molecule has 0 radical (unpaired) electrons. The van der Waals surface area contributed by atoms with Crippen LogP contribution in [0.15, 0.2) is 53.8 Å². The van der Waals surface area contributed by atoms with Crippen LogP contribution in [0.1, 0.15) is 24.1 Å². The lowest BCUT2D eigenvalue weighted by Gasteiger charge is -2.32. The summed E-state index contributed by atoms with van der Waals surface area (Å²) in [7, 11) is 4.00.